The Bertz CT molecular complexity index is 924. The molecule has 0 radical (unpaired) electrons. The number of nitro groups is 1. The summed E-state index contributed by atoms with van der Waals surface area (Å²) in [4.78, 5) is 22.7. The van der Waals surface area contributed by atoms with Crippen molar-refractivity contribution in [3.05, 3.63) is 99.1 Å². The molecule has 6 heteroatoms. The van der Waals surface area contributed by atoms with Gasteiger partial charge in [-0.2, -0.15) is 0 Å². The van der Waals surface area contributed by atoms with E-state index in [0.717, 1.165) is 0 Å². The summed E-state index contributed by atoms with van der Waals surface area (Å²) in [7, 11) is 0. The summed E-state index contributed by atoms with van der Waals surface area (Å²) >= 11 is 6.01. The molecule has 0 unspecified atom stereocenters. The number of rotatable bonds is 5. The number of carbonyl (C=O) groups excluding carboxylic acids is 1. The van der Waals surface area contributed by atoms with Crippen molar-refractivity contribution < 1.29 is 14.5 Å². The first kappa shape index (κ1) is 16.7. The van der Waals surface area contributed by atoms with E-state index in [0.29, 0.717) is 17.1 Å². The number of nitro benzene ring substituents is 1. The van der Waals surface area contributed by atoms with Gasteiger partial charge in [-0.3, -0.25) is 14.9 Å². The molecule has 0 spiro atoms. The first-order chi connectivity index (χ1) is 12.0. The molecule has 124 valence electrons. The molecule has 0 aliphatic heterocycles. The van der Waals surface area contributed by atoms with E-state index >= 15 is 0 Å². The molecule has 0 atom stereocenters. The molecule has 0 saturated heterocycles. The van der Waals surface area contributed by atoms with Crippen LogP contribution in [0.2, 0.25) is 5.02 Å². The third kappa shape index (κ3) is 3.84. The van der Waals surface area contributed by atoms with Crippen LogP contribution in [0.4, 0.5) is 5.69 Å². The van der Waals surface area contributed by atoms with E-state index in [1.54, 1.807) is 24.3 Å². The number of carbonyl (C=O) groups is 1. The molecule has 0 saturated carbocycles. The first-order valence-electron chi connectivity index (χ1n) is 7.36. The van der Waals surface area contributed by atoms with Crippen molar-refractivity contribution in [2.45, 2.75) is 0 Å². The van der Waals surface area contributed by atoms with Crippen molar-refractivity contribution in [2.75, 3.05) is 0 Å². The average Bonchev–Trinajstić information content (AvgIpc) is 2.62. The molecule has 0 heterocycles. The Morgan fingerprint density at radius 2 is 1.56 bits per heavy atom. The maximum absolute atomic E-state index is 12.5. The topological polar surface area (TPSA) is 69.4 Å². The fraction of sp³-hybridized carbons (Fsp3) is 0. The van der Waals surface area contributed by atoms with Crippen LogP contribution in [0.15, 0.2) is 72.8 Å². The van der Waals surface area contributed by atoms with E-state index in [-0.39, 0.29) is 22.1 Å². The van der Waals surface area contributed by atoms with Crippen molar-refractivity contribution in [2.24, 2.45) is 0 Å². The zero-order valence-corrected chi connectivity index (χ0v) is 13.6. The Hall–Kier alpha value is -3.18. The average molecular weight is 354 g/mol. The Labute approximate surface area is 148 Å². The van der Waals surface area contributed by atoms with E-state index in [1.165, 1.54) is 18.2 Å². The third-order valence-corrected chi connectivity index (χ3v) is 3.82. The zero-order valence-electron chi connectivity index (χ0n) is 12.9. The predicted octanol–water partition coefficient (Wildman–Crippen LogP) is 5.27. The molecule has 3 rings (SSSR count). The van der Waals surface area contributed by atoms with Crippen molar-refractivity contribution in [1.82, 2.24) is 0 Å². The maximum atomic E-state index is 12.5. The Balaban J connectivity index is 1.80. The van der Waals surface area contributed by atoms with Crippen LogP contribution in [0.25, 0.3) is 0 Å². The largest absolute Gasteiger partial charge is 0.457 e. The minimum absolute atomic E-state index is 0.0452. The van der Waals surface area contributed by atoms with Gasteiger partial charge >= 0.3 is 0 Å². The van der Waals surface area contributed by atoms with E-state index < -0.39 is 4.92 Å². The van der Waals surface area contributed by atoms with Crippen molar-refractivity contribution >= 4 is 23.1 Å². The number of ketones is 1. The number of para-hydroxylation sites is 1. The number of halogens is 1. The van der Waals surface area contributed by atoms with Gasteiger partial charge in [-0.15, -0.1) is 0 Å². The number of non-ortho nitro benzene ring substituents is 1. The lowest BCUT2D eigenvalue weighted by molar-refractivity contribution is -0.384. The van der Waals surface area contributed by atoms with Gasteiger partial charge in [0.05, 0.1) is 9.95 Å². The molecule has 0 fully saturated rings. The monoisotopic (exact) mass is 353 g/mol. The van der Waals surface area contributed by atoms with Crippen LogP contribution in [0.3, 0.4) is 0 Å². The standard InChI is InChI=1S/C19H12ClNO4/c20-18-12-14(21(23)24)8-11-17(18)19(22)13-6-9-16(10-7-13)25-15-4-2-1-3-5-15/h1-12H. The fourth-order valence-electron chi connectivity index (χ4n) is 2.26. The number of ether oxygens (including phenoxy) is 1. The van der Waals surface area contributed by atoms with Gasteiger partial charge in [-0.25, -0.2) is 0 Å². The van der Waals surface area contributed by atoms with Crippen LogP contribution in [0.1, 0.15) is 15.9 Å². The smallest absolute Gasteiger partial charge is 0.270 e. The molecule has 0 aromatic heterocycles. The summed E-state index contributed by atoms with van der Waals surface area (Å²) in [6.45, 7) is 0. The summed E-state index contributed by atoms with van der Waals surface area (Å²) < 4.78 is 5.67. The number of hydrogen-bond acceptors (Lipinski definition) is 4. The van der Waals surface area contributed by atoms with Crippen LogP contribution < -0.4 is 4.74 Å². The van der Waals surface area contributed by atoms with Gasteiger partial charge in [0.25, 0.3) is 5.69 Å². The van der Waals surface area contributed by atoms with Crippen LogP contribution in [-0.4, -0.2) is 10.7 Å². The molecule has 0 aliphatic carbocycles. The highest BCUT2D eigenvalue weighted by atomic mass is 35.5. The summed E-state index contributed by atoms with van der Waals surface area (Å²) in [5.41, 5.74) is 0.466. The summed E-state index contributed by atoms with van der Waals surface area (Å²) in [6.07, 6.45) is 0. The Morgan fingerprint density at radius 1 is 0.920 bits per heavy atom. The van der Waals surface area contributed by atoms with Crippen LogP contribution in [0.5, 0.6) is 11.5 Å². The molecular formula is C19H12ClNO4. The Kier molecular flexibility index (Phi) is 4.77. The summed E-state index contributed by atoms with van der Waals surface area (Å²) in [5.74, 6) is 0.976. The van der Waals surface area contributed by atoms with E-state index in [9.17, 15) is 14.9 Å². The normalized spacial score (nSPS) is 10.3. The highest BCUT2D eigenvalue weighted by Crippen LogP contribution is 2.26. The molecule has 3 aromatic rings. The molecule has 0 N–H and O–H groups in total. The van der Waals surface area contributed by atoms with Crippen LogP contribution >= 0.6 is 11.6 Å². The maximum Gasteiger partial charge on any atom is 0.270 e. The third-order valence-electron chi connectivity index (χ3n) is 3.50. The van der Waals surface area contributed by atoms with Crippen LogP contribution in [0, 0.1) is 10.1 Å². The lowest BCUT2D eigenvalue weighted by Crippen LogP contribution is -2.02. The van der Waals surface area contributed by atoms with Gasteiger partial charge in [0.1, 0.15) is 11.5 Å². The van der Waals surface area contributed by atoms with Crippen LogP contribution in [-0.2, 0) is 0 Å². The van der Waals surface area contributed by atoms with E-state index in [1.807, 2.05) is 30.3 Å². The van der Waals surface area contributed by atoms with Gasteiger partial charge in [-0.05, 0) is 42.5 Å². The number of hydrogen-bond donors (Lipinski definition) is 0. The SMILES string of the molecule is O=C(c1ccc(Oc2ccccc2)cc1)c1ccc([N+](=O)[O-])cc1Cl. The van der Waals surface area contributed by atoms with Gasteiger partial charge in [0.2, 0.25) is 0 Å². The molecule has 3 aromatic carbocycles. The Morgan fingerprint density at radius 3 is 2.16 bits per heavy atom. The first-order valence-corrected chi connectivity index (χ1v) is 7.74. The summed E-state index contributed by atoms with van der Waals surface area (Å²) in [5, 5.41) is 10.8. The van der Waals surface area contributed by atoms with Crippen molar-refractivity contribution in [1.29, 1.82) is 0 Å². The second-order valence-electron chi connectivity index (χ2n) is 5.19. The second-order valence-corrected chi connectivity index (χ2v) is 5.60. The number of benzene rings is 3. The molecule has 0 bridgehead atoms. The highest BCUT2D eigenvalue weighted by molar-refractivity contribution is 6.35. The van der Waals surface area contributed by atoms with Gasteiger partial charge < -0.3 is 4.74 Å². The molecule has 0 amide bonds. The minimum atomic E-state index is -0.560. The van der Waals surface area contributed by atoms with Gasteiger partial charge in [0.15, 0.2) is 5.78 Å². The summed E-state index contributed by atoms with van der Waals surface area (Å²) in [6, 6.07) is 19.7. The molecule has 5 nitrogen and oxygen atoms in total. The quantitative estimate of drug-likeness (QED) is 0.356. The van der Waals surface area contributed by atoms with E-state index in [4.69, 9.17) is 16.3 Å². The van der Waals surface area contributed by atoms with Crippen molar-refractivity contribution in [3.8, 4) is 11.5 Å². The molecule has 25 heavy (non-hydrogen) atoms. The zero-order chi connectivity index (χ0) is 17.8. The van der Waals surface area contributed by atoms with Crippen molar-refractivity contribution in [3.63, 3.8) is 0 Å². The highest BCUT2D eigenvalue weighted by Gasteiger charge is 2.16. The lowest BCUT2D eigenvalue weighted by atomic mass is 10.0. The fourth-order valence-corrected chi connectivity index (χ4v) is 2.52. The minimum Gasteiger partial charge on any atom is -0.457 e. The van der Waals surface area contributed by atoms with E-state index in [2.05, 4.69) is 0 Å². The number of nitrogens with zero attached hydrogens (tertiary/aromatic N) is 1. The molecule has 0 aliphatic rings. The predicted molar refractivity (Wildman–Crippen MR) is 94.5 cm³/mol. The van der Waals surface area contributed by atoms with Gasteiger partial charge in [-0.1, -0.05) is 29.8 Å². The lowest BCUT2D eigenvalue weighted by Gasteiger charge is -2.07. The molecular weight excluding hydrogens is 342 g/mol. The second kappa shape index (κ2) is 7.15. The van der Waals surface area contributed by atoms with Gasteiger partial charge in [0, 0.05) is 23.3 Å².